The van der Waals surface area contributed by atoms with Crippen molar-refractivity contribution in [3.05, 3.63) is 34.9 Å². The molecule has 0 amide bonds. The molecule has 0 radical (unpaired) electrons. The van der Waals surface area contributed by atoms with E-state index in [-0.39, 0.29) is 5.78 Å². The van der Waals surface area contributed by atoms with Gasteiger partial charge in [0.2, 0.25) is 0 Å². The summed E-state index contributed by atoms with van der Waals surface area (Å²) in [5.41, 5.74) is 0.743. The Morgan fingerprint density at radius 2 is 1.81 bits per heavy atom. The molecule has 1 aromatic carbocycles. The van der Waals surface area contributed by atoms with Gasteiger partial charge in [0.25, 0.3) is 0 Å². The van der Waals surface area contributed by atoms with Crippen molar-refractivity contribution in [1.29, 1.82) is 0 Å². The van der Waals surface area contributed by atoms with E-state index >= 15 is 0 Å². The highest BCUT2D eigenvalue weighted by Crippen LogP contribution is 2.20. The topological polar surface area (TPSA) is 17.1 Å². The maximum absolute atomic E-state index is 11.8. The summed E-state index contributed by atoms with van der Waals surface area (Å²) in [6, 6.07) is 7.08. The molecule has 3 heteroatoms. The molecule has 16 heavy (non-hydrogen) atoms. The van der Waals surface area contributed by atoms with Gasteiger partial charge in [-0.1, -0.05) is 32.4 Å². The van der Waals surface area contributed by atoms with Crippen molar-refractivity contribution >= 4 is 29.1 Å². The smallest absolute Gasteiger partial charge is 0.172 e. The second kappa shape index (κ2) is 6.31. The molecule has 0 heterocycles. The van der Waals surface area contributed by atoms with Gasteiger partial charge in [0.05, 0.1) is 5.75 Å². The molecule has 1 atom stereocenters. The van der Waals surface area contributed by atoms with E-state index in [9.17, 15) is 4.79 Å². The maximum atomic E-state index is 11.8. The minimum atomic E-state index is 0.175. The van der Waals surface area contributed by atoms with Crippen LogP contribution in [0.4, 0.5) is 0 Å². The molecule has 1 aromatic rings. The van der Waals surface area contributed by atoms with Gasteiger partial charge >= 0.3 is 0 Å². The van der Waals surface area contributed by atoms with E-state index in [1.807, 2.05) is 0 Å². The predicted octanol–water partition coefficient (Wildman–Crippen LogP) is 4.30. The van der Waals surface area contributed by atoms with E-state index in [0.29, 0.717) is 21.9 Å². The second-order valence-corrected chi connectivity index (χ2v) is 5.99. The van der Waals surface area contributed by atoms with Crippen LogP contribution in [0.15, 0.2) is 24.3 Å². The molecule has 1 unspecified atom stereocenters. The van der Waals surface area contributed by atoms with Gasteiger partial charge in [0.1, 0.15) is 0 Å². The summed E-state index contributed by atoms with van der Waals surface area (Å²) >= 11 is 7.48. The van der Waals surface area contributed by atoms with Crippen LogP contribution in [0.25, 0.3) is 0 Å². The standard InChI is InChI=1S/C13H17ClOS/c1-9(2)10(3)16-8-13(15)11-4-6-12(14)7-5-11/h4-7,9-10H,8H2,1-3H3. The number of Topliss-reactive ketones (excluding diaryl/α,β-unsaturated/α-hetero) is 1. The largest absolute Gasteiger partial charge is 0.293 e. The van der Waals surface area contributed by atoms with E-state index in [1.54, 1.807) is 36.0 Å². The van der Waals surface area contributed by atoms with Crippen molar-refractivity contribution in [2.45, 2.75) is 26.0 Å². The molecule has 0 aliphatic rings. The maximum Gasteiger partial charge on any atom is 0.172 e. The number of benzene rings is 1. The monoisotopic (exact) mass is 256 g/mol. The fraction of sp³-hybridized carbons (Fsp3) is 0.462. The van der Waals surface area contributed by atoms with Crippen molar-refractivity contribution in [3.63, 3.8) is 0 Å². The highest BCUT2D eigenvalue weighted by molar-refractivity contribution is 8.00. The van der Waals surface area contributed by atoms with Gasteiger partial charge in [-0.25, -0.2) is 0 Å². The average Bonchev–Trinajstić information content (AvgIpc) is 2.26. The number of carbonyl (C=O) groups excluding carboxylic acids is 1. The SMILES string of the molecule is CC(C)C(C)SCC(=O)c1ccc(Cl)cc1. The second-order valence-electron chi connectivity index (χ2n) is 4.19. The van der Waals surface area contributed by atoms with Crippen LogP contribution in [0.1, 0.15) is 31.1 Å². The Balaban J connectivity index is 2.50. The van der Waals surface area contributed by atoms with E-state index in [0.717, 1.165) is 5.56 Å². The Labute approximate surface area is 107 Å². The molecule has 88 valence electrons. The van der Waals surface area contributed by atoms with Crippen LogP contribution in [0, 0.1) is 5.92 Å². The minimum Gasteiger partial charge on any atom is -0.293 e. The molecular weight excluding hydrogens is 240 g/mol. The number of ketones is 1. The highest BCUT2D eigenvalue weighted by Gasteiger charge is 2.11. The van der Waals surface area contributed by atoms with E-state index in [1.165, 1.54) is 0 Å². The van der Waals surface area contributed by atoms with Crippen molar-refractivity contribution in [3.8, 4) is 0 Å². The fourth-order valence-corrected chi connectivity index (χ4v) is 2.21. The molecule has 0 N–H and O–H groups in total. The van der Waals surface area contributed by atoms with Crippen LogP contribution in [-0.4, -0.2) is 16.8 Å². The van der Waals surface area contributed by atoms with Gasteiger partial charge in [-0.05, 0) is 30.2 Å². The zero-order valence-electron chi connectivity index (χ0n) is 9.87. The van der Waals surface area contributed by atoms with E-state index < -0.39 is 0 Å². The van der Waals surface area contributed by atoms with Gasteiger partial charge in [0, 0.05) is 15.8 Å². The number of halogens is 1. The van der Waals surface area contributed by atoms with Crippen LogP contribution >= 0.6 is 23.4 Å². The zero-order chi connectivity index (χ0) is 12.1. The van der Waals surface area contributed by atoms with Crippen LogP contribution < -0.4 is 0 Å². The van der Waals surface area contributed by atoms with Crippen molar-refractivity contribution in [2.24, 2.45) is 5.92 Å². The normalized spacial score (nSPS) is 12.8. The van der Waals surface area contributed by atoms with E-state index in [2.05, 4.69) is 20.8 Å². The summed E-state index contributed by atoms with van der Waals surface area (Å²) in [5, 5.41) is 1.18. The highest BCUT2D eigenvalue weighted by atomic mass is 35.5. The van der Waals surface area contributed by atoms with Crippen molar-refractivity contribution in [1.82, 2.24) is 0 Å². The van der Waals surface area contributed by atoms with Crippen LogP contribution in [-0.2, 0) is 0 Å². The molecule has 0 saturated carbocycles. The summed E-state index contributed by atoms with van der Waals surface area (Å²) in [6.45, 7) is 6.50. The summed E-state index contributed by atoms with van der Waals surface area (Å²) in [4.78, 5) is 11.8. The molecule has 0 aliphatic heterocycles. The average molecular weight is 257 g/mol. The minimum absolute atomic E-state index is 0.175. The third kappa shape index (κ3) is 4.18. The lowest BCUT2D eigenvalue weighted by atomic mass is 10.1. The van der Waals surface area contributed by atoms with Crippen molar-refractivity contribution in [2.75, 3.05) is 5.75 Å². The molecular formula is C13H17ClOS. The lowest BCUT2D eigenvalue weighted by Gasteiger charge is -2.14. The molecule has 0 spiro atoms. The number of hydrogen-bond acceptors (Lipinski definition) is 2. The van der Waals surface area contributed by atoms with Crippen LogP contribution in [0.2, 0.25) is 5.02 Å². The first kappa shape index (κ1) is 13.6. The molecule has 0 bridgehead atoms. The summed E-state index contributed by atoms with van der Waals surface area (Å²) in [7, 11) is 0. The Hall–Kier alpha value is -0.470. The third-order valence-electron chi connectivity index (χ3n) is 2.58. The van der Waals surface area contributed by atoms with Gasteiger partial charge in [-0.2, -0.15) is 11.8 Å². The fourth-order valence-electron chi connectivity index (χ4n) is 1.12. The molecule has 0 aliphatic carbocycles. The molecule has 0 saturated heterocycles. The Bertz CT molecular complexity index is 345. The number of rotatable bonds is 5. The van der Waals surface area contributed by atoms with Crippen LogP contribution in [0.5, 0.6) is 0 Å². The first-order valence-corrected chi connectivity index (χ1v) is 6.83. The molecule has 1 nitrogen and oxygen atoms in total. The Morgan fingerprint density at radius 1 is 1.25 bits per heavy atom. The zero-order valence-corrected chi connectivity index (χ0v) is 11.4. The lowest BCUT2D eigenvalue weighted by Crippen LogP contribution is -2.11. The van der Waals surface area contributed by atoms with Gasteiger partial charge < -0.3 is 0 Å². The first-order chi connectivity index (χ1) is 7.50. The number of thioether (sulfide) groups is 1. The molecule has 0 fully saturated rings. The summed E-state index contributed by atoms with van der Waals surface area (Å²) in [6.07, 6.45) is 0. The van der Waals surface area contributed by atoms with Crippen LogP contribution in [0.3, 0.4) is 0 Å². The molecule has 1 rings (SSSR count). The third-order valence-corrected chi connectivity index (χ3v) is 4.33. The summed E-state index contributed by atoms with van der Waals surface area (Å²) < 4.78 is 0. The quantitative estimate of drug-likeness (QED) is 0.731. The summed E-state index contributed by atoms with van der Waals surface area (Å²) in [5.74, 6) is 1.32. The number of carbonyl (C=O) groups is 1. The van der Waals surface area contributed by atoms with Gasteiger partial charge in [0.15, 0.2) is 5.78 Å². The first-order valence-electron chi connectivity index (χ1n) is 5.41. The predicted molar refractivity (Wildman–Crippen MR) is 72.5 cm³/mol. The van der Waals surface area contributed by atoms with Gasteiger partial charge in [-0.3, -0.25) is 4.79 Å². The van der Waals surface area contributed by atoms with E-state index in [4.69, 9.17) is 11.6 Å². The lowest BCUT2D eigenvalue weighted by molar-refractivity contribution is 0.102. The Kier molecular flexibility index (Phi) is 5.36. The number of hydrogen-bond donors (Lipinski definition) is 0. The van der Waals surface area contributed by atoms with Gasteiger partial charge in [-0.15, -0.1) is 0 Å². The molecule has 0 aromatic heterocycles. The van der Waals surface area contributed by atoms with Crippen molar-refractivity contribution < 1.29 is 4.79 Å². The Morgan fingerprint density at radius 3 is 2.31 bits per heavy atom.